The Balaban J connectivity index is 2.29. The predicted molar refractivity (Wildman–Crippen MR) is 105 cm³/mol. The van der Waals surface area contributed by atoms with Crippen LogP contribution < -0.4 is 16.0 Å². The molecular formula is C19H24N4O4. The molecule has 0 radical (unpaired) electrons. The fourth-order valence-electron chi connectivity index (χ4n) is 3.35. The van der Waals surface area contributed by atoms with Crippen molar-refractivity contribution in [3.63, 3.8) is 0 Å². The molecule has 8 heteroatoms. The van der Waals surface area contributed by atoms with Crippen LogP contribution in [0.15, 0.2) is 27.8 Å². The molecule has 27 heavy (non-hydrogen) atoms. The first-order valence-corrected chi connectivity index (χ1v) is 8.86. The second-order valence-corrected chi connectivity index (χ2v) is 6.94. The van der Waals surface area contributed by atoms with E-state index in [1.807, 2.05) is 42.6 Å². The lowest BCUT2D eigenvalue weighted by Gasteiger charge is -2.22. The maximum Gasteiger partial charge on any atom is 0.278 e. The minimum atomic E-state index is -0.673. The van der Waals surface area contributed by atoms with Crippen molar-refractivity contribution in [3.8, 4) is 11.4 Å². The van der Waals surface area contributed by atoms with E-state index < -0.39 is 17.2 Å². The van der Waals surface area contributed by atoms with Gasteiger partial charge in [0, 0.05) is 39.0 Å². The van der Waals surface area contributed by atoms with E-state index in [2.05, 4.69) is 9.97 Å². The Labute approximate surface area is 156 Å². The van der Waals surface area contributed by atoms with Gasteiger partial charge in [0.2, 0.25) is 0 Å². The molecule has 8 nitrogen and oxygen atoms in total. The van der Waals surface area contributed by atoms with Crippen LogP contribution in [0.4, 0.5) is 5.69 Å². The normalized spacial score (nSPS) is 12.6. The number of benzene rings is 1. The molecule has 0 saturated heterocycles. The molecule has 2 aliphatic rings. The molecule has 0 saturated carbocycles. The molecule has 3 N–H and O–H groups in total. The first-order valence-electron chi connectivity index (χ1n) is 8.86. The summed E-state index contributed by atoms with van der Waals surface area (Å²) in [5.74, 6) is 0. The molecule has 3 rings (SSSR count). The lowest BCUT2D eigenvalue weighted by molar-refractivity contribution is 0.121. The molecule has 0 aromatic heterocycles. The highest BCUT2D eigenvalue weighted by Crippen LogP contribution is 2.28. The van der Waals surface area contributed by atoms with Gasteiger partial charge in [-0.25, -0.2) is 4.98 Å². The number of anilines is 1. The monoisotopic (exact) mass is 372 g/mol. The Morgan fingerprint density at radius 2 is 1.96 bits per heavy atom. The molecule has 0 aliphatic carbocycles. The molecule has 2 heterocycles. The fraction of sp³-hybridized carbons (Fsp3) is 0.421. The molecule has 2 aliphatic heterocycles. The second-order valence-electron chi connectivity index (χ2n) is 6.94. The van der Waals surface area contributed by atoms with Gasteiger partial charge in [0.05, 0.1) is 22.8 Å². The number of aryl methyl sites for hydroxylation is 2. The SMILES string of the molecule is Cc1cc2nc3c(=O)[nH]c(=O)cc-3n(CCC(O)CCO)c2cc1N(C)C. The van der Waals surface area contributed by atoms with Gasteiger partial charge in [-0.1, -0.05) is 0 Å². The maximum atomic E-state index is 12.3. The highest BCUT2D eigenvalue weighted by Gasteiger charge is 2.19. The van der Waals surface area contributed by atoms with Gasteiger partial charge in [-0.3, -0.25) is 14.6 Å². The van der Waals surface area contributed by atoms with Crippen molar-refractivity contribution in [2.45, 2.75) is 32.4 Å². The maximum absolute atomic E-state index is 12.3. The van der Waals surface area contributed by atoms with E-state index in [1.165, 1.54) is 6.07 Å². The molecule has 0 amide bonds. The van der Waals surface area contributed by atoms with Gasteiger partial charge in [0.25, 0.3) is 11.1 Å². The Morgan fingerprint density at radius 1 is 1.22 bits per heavy atom. The number of hydrogen-bond donors (Lipinski definition) is 3. The van der Waals surface area contributed by atoms with E-state index in [0.29, 0.717) is 24.2 Å². The smallest absolute Gasteiger partial charge is 0.278 e. The molecule has 1 unspecified atom stereocenters. The third-order valence-corrected chi connectivity index (χ3v) is 4.70. The van der Waals surface area contributed by atoms with Crippen molar-refractivity contribution in [2.24, 2.45) is 0 Å². The highest BCUT2D eigenvalue weighted by molar-refractivity contribution is 5.85. The topological polar surface area (TPSA) is 111 Å². The fourth-order valence-corrected chi connectivity index (χ4v) is 3.35. The van der Waals surface area contributed by atoms with Crippen molar-refractivity contribution in [3.05, 3.63) is 44.5 Å². The van der Waals surface area contributed by atoms with Crippen molar-refractivity contribution >= 4 is 16.7 Å². The first kappa shape index (κ1) is 19.1. The van der Waals surface area contributed by atoms with Gasteiger partial charge >= 0.3 is 0 Å². The number of pyridine rings is 1. The summed E-state index contributed by atoms with van der Waals surface area (Å²) < 4.78 is 1.85. The zero-order valence-corrected chi connectivity index (χ0v) is 15.7. The number of nitrogens with zero attached hydrogens (tertiary/aromatic N) is 3. The highest BCUT2D eigenvalue weighted by atomic mass is 16.3. The summed E-state index contributed by atoms with van der Waals surface area (Å²) in [6, 6.07) is 5.24. The molecule has 0 fully saturated rings. The van der Waals surface area contributed by atoms with Crippen LogP contribution in [-0.2, 0) is 6.54 Å². The zero-order valence-electron chi connectivity index (χ0n) is 15.7. The third-order valence-electron chi connectivity index (χ3n) is 4.70. The van der Waals surface area contributed by atoms with Crippen molar-refractivity contribution < 1.29 is 10.2 Å². The third kappa shape index (κ3) is 3.72. The van der Waals surface area contributed by atoms with Gasteiger partial charge in [0.15, 0.2) is 5.69 Å². The average molecular weight is 372 g/mol. The standard InChI is InChI=1S/C19H24N4O4/c1-11-8-13-15(9-14(11)22(2)3)23(6-4-12(25)5-7-24)16-10-17(26)21-19(27)18(16)20-13/h8-10,12,24-25H,4-7H2,1-3H3,(H,21,26,27). The van der Waals surface area contributed by atoms with E-state index in [-0.39, 0.29) is 18.7 Å². The van der Waals surface area contributed by atoms with Crippen LogP contribution in [0.1, 0.15) is 18.4 Å². The Hall–Kier alpha value is -2.71. The molecule has 1 aromatic carbocycles. The number of rotatable bonds is 6. The average Bonchev–Trinajstić information content (AvgIpc) is 2.59. The number of H-pyrrole nitrogens is 1. The van der Waals surface area contributed by atoms with Crippen LogP contribution in [0.3, 0.4) is 0 Å². The van der Waals surface area contributed by atoms with E-state index in [9.17, 15) is 14.7 Å². The number of nitrogens with one attached hydrogen (secondary N) is 1. The molecule has 0 bridgehead atoms. The summed E-state index contributed by atoms with van der Waals surface area (Å²) in [5, 5.41) is 19.0. The van der Waals surface area contributed by atoms with E-state index in [1.54, 1.807) is 0 Å². The van der Waals surface area contributed by atoms with E-state index in [0.717, 1.165) is 16.8 Å². The molecular weight excluding hydrogens is 348 g/mol. The molecule has 0 spiro atoms. The summed E-state index contributed by atoms with van der Waals surface area (Å²) in [7, 11) is 3.89. The summed E-state index contributed by atoms with van der Waals surface area (Å²) in [5.41, 5.74) is 3.04. The summed E-state index contributed by atoms with van der Waals surface area (Å²) in [6.45, 7) is 2.26. The van der Waals surface area contributed by atoms with Crippen LogP contribution in [0, 0.1) is 6.92 Å². The zero-order chi connectivity index (χ0) is 19.7. The van der Waals surface area contributed by atoms with Gasteiger partial charge in [-0.15, -0.1) is 0 Å². The van der Waals surface area contributed by atoms with Crippen molar-refractivity contribution in [1.82, 2.24) is 14.5 Å². The Kier molecular flexibility index (Phi) is 5.29. The van der Waals surface area contributed by atoms with Gasteiger partial charge in [-0.2, -0.15) is 0 Å². The van der Waals surface area contributed by atoms with Crippen LogP contribution >= 0.6 is 0 Å². The largest absolute Gasteiger partial charge is 0.396 e. The Morgan fingerprint density at radius 3 is 2.63 bits per heavy atom. The number of aromatic nitrogens is 3. The Bertz CT molecular complexity index is 1050. The summed E-state index contributed by atoms with van der Waals surface area (Å²) in [4.78, 5) is 32.9. The van der Waals surface area contributed by atoms with Crippen LogP contribution in [0.25, 0.3) is 22.4 Å². The van der Waals surface area contributed by atoms with E-state index in [4.69, 9.17) is 5.11 Å². The quantitative estimate of drug-likeness (QED) is 0.549. The van der Waals surface area contributed by atoms with Crippen LogP contribution in [-0.4, -0.2) is 51.6 Å². The number of fused-ring (bicyclic) bond motifs is 2. The number of hydrogen-bond acceptors (Lipinski definition) is 6. The van der Waals surface area contributed by atoms with Gasteiger partial charge in [0.1, 0.15) is 0 Å². The van der Waals surface area contributed by atoms with Crippen molar-refractivity contribution in [2.75, 3.05) is 25.6 Å². The van der Waals surface area contributed by atoms with Gasteiger partial charge < -0.3 is 19.7 Å². The van der Waals surface area contributed by atoms with Crippen molar-refractivity contribution in [1.29, 1.82) is 0 Å². The van der Waals surface area contributed by atoms with Crippen LogP contribution in [0.2, 0.25) is 0 Å². The number of aromatic amines is 1. The minimum absolute atomic E-state index is 0.0992. The summed E-state index contributed by atoms with van der Waals surface area (Å²) >= 11 is 0. The lowest BCUT2D eigenvalue weighted by atomic mass is 10.1. The number of aliphatic hydroxyl groups is 2. The molecule has 1 aromatic rings. The minimum Gasteiger partial charge on any atom is -0.396 e. The first-order chi connectivity index (χ1) is 12.8. The molecule has 1 atom stereocenters. The predicted octanol–water partition coefficient (Wildman–Crippen LogP) is 0.697. The van der Waals surface area contributed by atoms with Crippen LogP contribution in [0.5, 0.6) is 0 Å². The van der Waals surface area contributed by atoms with Gasteiger partial charge in [-0.05, 0) is 37.5 Å². The molecule has 144 valence electrons. The van der Waals surface area contributed by atoms with E-state index >= 15 is 0 Å². The lowest BCUT2D eigenvalue weighted by Crippen LogP contribution is -2.26. The second kappa shape index (κ2) is 7.50. The number of aliphatic hydroxyl groups excluding tert-OH is 2. The summed E-state index contributed by atoms with van der Waals surface area (Å²) in [6.07, 6.45) is -0.0176.